The number of rotatable bonds is 7. The summed E-state index contributed by atoms with van der Waals surface area (Å²) in [6.45, 7) is 1.62. The summed E-state index contributed by atoms with van der Waals surface area (Å²) in [4.78, 5) is 8.64. The van der Waals surface area contributed by atoms with Crippen LogP contribution >= 0.6 is 24.0 Å². The van der Waals surface area contributed by atoms with Crippen molar-refractivity contribution < 1.29 is 22.6 Å². The molecule has 0 radical (unpaired) electrons. The van der Waals surface area contributed by atoms with Gasteiger partial charge < -0.3 is 20.1 Å². The quantitative estimate of drug-likeness (QED) is 0.237. The molecule has 1 unspecified atom stereocenters. The summed E-state index contributed by atoms with van der Waals surface area (Å²) < 4.78 is 50.6. The molecular formula is C19H26F3IN6O2. The van der Waals surface area contributed by atoms with Crippen molar-refractivity contribution in [3.63, 3.8) is 0 Å². The molecule has 3 rings (SSSR count). The maximum Gasteiger partial charge on any atom is 0.416 e. The summed E-state index contributed by atoms with van der Waals surface area (Å²) >= 11 is 0. The van der Waals surface area contributed by atoms with Crippen molar-refractivity contribution in [1.82, 2.24) is 25.4 Å². The number of hydrogen-bond donors (Lipinski definition) is 2. The molecule has 0 spiro atoms. The Balaban J connectivity index is 0.00000341. The Morgan fingerprint density at radius 2 is 2.16 bits per heavy atom. The summed E-state index contributed by atoms with van der Waals surface area (Å²) in [5.41, 5.74) is -0.733. The Kier molecular flexibility index (Phi) is 9.34. The summed E-state index contributed by atoms with van der Waals surface area (Å²) in [5.74, 6) is 2.38. The lowest BCUT2D eigenvalue weighted by atomic mass is 10.1. The zero-order chi connectivity index (χ0) is 21.6. The number of guanidine groups is 1. The molecule has 1 aliphatic heterocycles. The number of methoxy groups -OCH3 is 1. The van der Waals surface area contributed by atoms with Gasteiger partial charge in [-0.15, -0.1) is 24.0 Å². The second kappa shape index (κ2) is 11.5. The van der Waals surface area contributed by atoms with E-state index in [1.165, 1.54) is 12.1 Å². The van der Waals surface area contributed by atoms with Gasteiger partial charge >= 0.3 is 6.18 Å². The zero-order valence-electron chi connectivity index (χ0n) is 17.3. The minimum atomic E-state index is -4.39. The van der Waals surface area contributed by atoms with Crippen LogP contribution in [0, 0.1) is 0 Å². The van der Waals surface area contributed by atoms with Gasteiger partial charge in [-0.3, -0.25) is 4.99 Å². The number of alkyl halides is 3. The average molecular weight is 554 g/mol. The first-order chi connectivity index (χ1) is 14.4. The maximum atomic E-state index is 12.8. The van der Waals surface area contributed by atoms with Crippen LogP contribution in [0.25, 0.3) is 0 Å². The summed E-state index contributed by atoms with van der Waals surface area (Å²) in [6.07, 6.45) is -2.71. The molecule has 1 aliphatic rings. The van der Waals surface area contributed by atoms with Crippen molar-refractivity contribution in [2.45, 2.75) is 38.2 Å². The Morgan fingerprint density at radius 1 is 1.35 bits per heavy atom. The van der Waals surface area contributed by atoms with Gasteiger partial charge in [0.15, 0.2) is 11.8 Å². The largest absolute Gasteiger partial charge is 0.492 e. The lowest BCUT2D eigenvalue weighted by Crippen LogP contribution is -2.47. The Morgan fingerprint density at radius 3 is 2.87 bits per heavy atom. The number of halogens is 4. The highest BCUT2D eigenvalue weighted by Gasteiger charge is 2.30. The van der Waals surface area contributed by atoms with Crippen LogP contribution < -0.4 is 15.4 Å². The number of aromatic nitrogens is 3. The van der Waals surface area contributed by atoms with Crippen molar-refractivity contribution >= 4 is 29.9 Å². The molecule has 2 N–H and O–H groups in total. The molecule has 0 saturated heterocycles. The topological polar surface area (TPSA) is 85.6 Å². The molecule has 0 saturated carbocycles. The number of hydrogen-bond acceptors (Lipinski definition) is 5. The van der Waals surface area contributed by atoms with E-state index in [-0.39, 0.29) is 42.4 Å². The molecule has 1 aromatic heterocycles. The van der Waals surface area contributed by atoms with Crippen LogP contribution in [-0.4, -0.2) is 54.1 Å². The van der Waals surface area contributed by atoms with Gasteiger partial charge in [-0.25, -0.2) is 9.67 Å². The fourth-order valence-corrected chi connectivity index (χ4v) is 3.16. The van der Waals surface area contributed by atoms with Crippen LogP contribution in [0.15, 0.2) is 29.3 Å². The molecule has 0 aliphatic carbocycles. The van der Waals surface area contributed by atoms with E-state index in [2.05, 4.69) is 25.7 Å². The highest BCUT2D eigenvalue weighted by Crippen LogP contribution is 2.31. The van der Waals surface area contributed by atoms with Gasteiger partial charge in [-0.05, 0) is 24.6 Å². The lowest BCUT2D eigenvalue weighted by molar-refractivity contribution is -0.137. The van der Waals surface area contributed by atoms with Crippen LogP contribution in [0.5, 0.6) is 5.75 Å². The minimum Gasteiger partial charge on any atom is -0.492 e. The van der Waals surface area contributed by atoms with Crippen LogP contribution in [-0.2, 0) is 30.5 Å². The Labute approximate surface area is 195 Å². The average Bonchev–Trinajstić information content (AvgIpc) is 3.12. The lowest BCUT2D eigenvalue weighted by Gasteiger charge is -2.25. The monoisotopic (exact) mass is 554 g/mol. The molecule has 8 nitrogen and oxygen atoms in total. The molecule has 0 bridgehead atoms. The molecule has 0 fully saturated rings. The third-order valence-corrected chi connectivity index (χ3v) is 4.56. The van der Waals surface area contributed by atoms with Crippen molar-refractivity contribution in [2.75, 3.05) is 27.3 Å². The van der Waals surface area contributed by atoms with E-state index >= 15 is 0 Å². The van der Waals surface area contributed by atoms with Gasteiger partial charge in [0.1, 0.15) is 24.8 Å². The van der Waals surface area contributed by atoms with E-state index in [0.29, 0.717) is 31.5 Å². The van der Waals surface area contributed by atoms with Crippen LogP contribution in [0.3, 0.4) is 0 Å². The molecule has 2 aromatic rings. The summed E-state index contributed by atoms with van der Waals surface area (Å²) in [7, 11) is 3.26. The zero-order valence-corrected chi connectivity index (χ0v) is 19.6. The highest BCUT2D eigenvalue weighted by atomic mass is 127. The second-order valence-electron chi connectivity index (χ2n) is 6.81. The van der Waals surface area contributed by atoms with Gasteiger partial charge in [0.2, 0.25) is 0 Å². The van der Waals surface area contributed by atoms with E-state index in [0.717, 1.165) is 30.8 Å². The van der Waals surface area contributed by atoms with E-state index in [4.69, 9.17) is 9.47 Å². The van der Waals surface area contributed by atoms with Crippen molar-refractivity contribution in [3.8, 4) is 5.75 Å². The first-order valence-electron chi connectivity index (χ1n) is 9.58. The summed E-state index contributed by atoms with van der Waals surface area (Å²) in [5, 5.41) is 10.9. The summed E-state index contributed by atoms with van der Waals surface area (Å²) in [6, 6.07) is 4.96. The van der Waals surface area contributed by atoms with Crippen LogP contribution in [0.2, 0.25) is 0 Å². The molecular weight excluding hydrogens is 528 g/mol. The van der Waals surface area contributed by atoms with Gasteiger partial charge in [-0.2, -0.15) is 18.3 Å². The van der Waals surface area contributed by atoms with Crippen molar-refractivity contribution in [3.05, 3.63) is 41.5 Å². The number of aliphatic imine (C=N–C) groups is 1. The van der Waals surface area contributed by atoms with Gasteiger partial charge in [-0.1, -0.05) is 6.07 Å². The molecule has 172 valence electrons. The molecule has 31 heavy (non-hydrogen) atoms. The van der Waals surface area contributed by atoms with E-state index in [9.17, 15) is 13.2 Å². The Bertz CT molecular complexity index is 875. The third kappa shape index (κ3) is 7.23. The number of ether oxygens (including phenoxy) is 2. The molecule has 12 heteroatoms. The van der Waals surface area contributed by atoms with Gasteiger partial charge in [0, 0.05) is 26.6 Å². The van der Waals surface area contributed by atoms with Gasteiger partial charge in [0.05, 0.1) is 18.7 Å². The fraction of sp³-hybridized carbons (Fsp3) is 0.526. The number of fused-ring (bicyclic) bond motifs is 1. The predicted molar refractivity (Wildman–Crippen MR) is 120 cm³/mol. The van der Waals surface area contributed by atoms with Crippen molar-refractivity contribution in [2.24, 2.45) is 4.99 Å². The highest BCUT2D eigenvalue weighted by molar-refractivity contribution is 14.0. The normalized spacial score (nSPS) is 16.3. The molecule has 0 amide bonds. The first-order valence-corrected chi connectivity index (χ1v) is 9.58. The number of aryl methyl sites for hydroxylation is 1. The SMILES string of the molecule is CN=C(NCCOc1cccc(C(F)(F)F)c1)NC1CCc2nc(COC)nn2C1.I. The van der Waals surface area contributed by atoms with Gasteiger partial charge in [0.25, 0.3) is 0 Å². The minimum absolute atomic E-state index is 0. The molecule has 2 heterocycles. The smallest absolute Gasteiger partial charge is 0.416 e. The molecule has 1 aromatic carbocycles. The first kappa shape index (κ1) is 25.2. The van der Waals surface area contributed by atoms with Crippen LogP contribution in [0.1, 0.15) is 23.6 Å². The van der Waals surface area contributed by atoms with Crippen molar-refractivity contribution in [1.29, 1.82) is 0 Å². The van der Waals surface area contributed by atoms with E-state index < -0.39 is 11.7 Å². The second-order valence-corrected chi connectivity index (χ2v) is 6.81. The third-order valence-electron chi connectivity index (χ3n) is 4.56. The predicted octanol–water partition coefficient (Wildman–Crippen LogP) is 2.62. The number of nitrogens with one attached hydrogen (secondary N) is 2. The maximum absolute atomic E-state index is 12.8. The number of nitrogens with zero attached hydrogens (tertiary/aromatic N) is 4. The Hall–Kier alpha value is -2.09. The van der Waals surface area contributed by atoms with E-state index in [1.54, 1.807) is 14.2 Å². The van der Waals surface area contributed by atoms with Crippen LogP contribution in [0.4, 0.5) is 13.2 Å². The fourth-order valence-electron chi connectivity index (χ4n) is 3.16. The van der Waals surface area contributed by atoms with E-state index in [1.807, 2.05) is 4.68 Å². The standard InChI is InChI=1S/C19H25F3N6O2.HI/c1-23-18(24-8-9-30-15-5-3-4-13(10-15)19(20,21)22)25-14-6-7-17-26-16(12-29-2)27-28(17)11-14;/h3-5,10,14H,6-9,11-12H2,1-2H3,(H2,23,24,25);1H. The number of benzene rings is 1. The molecule has 1 atom stereocenters.